The maximum atomic E-state index is 12.3. The van der Waals surface area contributed by atoms with Crippen LogP contribution in [0.3, 0.4) is 0 Å². The molecule has 4 rings (SSSR count). The van der Waals surface area contributed by atoms with Gasteiger partial charge in [0.2, 0.25) is 0 Å². The van der Waals surface area contributed by atoms with E-state index in [0.717, 1.165) is 0 Å². The van der Waals surface area contributed by atoms with Gasteiger partial charge in [-0.25, -0.2) is 9.59 Å². The third kappa shape index (κ3) is 9.86. The number of primary amides is 1. The molecule has 0 heterocycles. The molecule has 40 heavy (non-hydrogen) atoms. The summed E-state index contributed by atoms with van der Waals surface area (Å²) in [6, 6.07) is 32.4. The molecule has 2 unspecified atom stereocenters. The van der Waals surface area contributed by atoms with Gasteiger partial charge in [-0.05, 0) is 23.3 Å². The summed E-state index contributed by atoms with van der Waals surface area (Å²) < 4.78 is 0. The third-order valence-electron chi connectivity index (χ3n) is 5.22. The summed E-state index contributed by atoms with van der Waals surface area (Å²) in [4.78, 5) is 43.6. The second kappa shape index (κ2) is 15.8. The van der Waals surface area contributed by atoms with Crippen LogP contribution < -0.4 is 11.1 Å². The van der Waals surface area contributed by atoms with Crippen LogP contribution in [0.15, 0.2) is 115 Å². The Morgan fingerprint density at radius 1 is 0.575 bits per heavy atom. The van der Waals surface area contributed by atoms with E-state index in [2.05, 4.69) is 11.1 Å². The SMILES string of the molecule is NC(=O)O.O=C(O)Nc1ccccc1C(=O)C(O)c1ccccc1.O=C(c1ccccc1)C(O)c1ccccc1. The van der Waals surface area contributed by atoms with E-state index in [9.17, 15) is 24.6 Å². The Morgan fingerprint density at radius 2 is 0.950 bits per heavy atom. The Labute approximate surface area is 230 Å². The van der Waals surface area contributed by atoms with Gasteiger partial charge in [0.15, 0.2) is 11.6 Å². The first kappa shape index (κ1) is 30.9. The van der Waals surface area contributed by atoms with Gasteiger partial charge in [-0.1, -0.05) is 103 Å². The summed E-state index contributed by atoms with van der Waals surface area (Å²) in [7, 11) is 0. The topological polar surface area (TPSA) is 187 Å². The van der Waals surface area contributed by atoms with Crippen molar-refractivity contribution in [3.8, 4) is 0 Å². The quantitative estimate of drug-likeness (QED) is 0.177. The summed E-state index contributed by atoms with van der Waals surface area (Å²) >= 11 is 0. The number of rotatable bonds is 7. The number of aliphatic hydroxyl groups is 2. The molecule has 0 bridgehead atoms. The normalized spacial score (nSPS) is 11.2. The van der Waals surface area contributed by atoms with Gasteiger partial charge in [-0.15, -0.1) is 0 Å². The van der Waals surface area contributed by atoms with E-state index in [0.29, 0.717) is 16.7 Å². The van der Waals surface area contributed by atoms with Crippen molar-refractivity contribution in [2.75, 3.05) is 5.32 Å². The van der Waals surface area contributed by atoms with E-state index in [1.54, 1.807) is 91.0 Å². The van der Waals surface area contributed by atoms with Gasteiger partial charge in [0.25, 0.3) is 0 Å². The highest BCUT2D eigenvalue weighted by Gasteiger charge is 2.22. The fourth-order valence-corrected chi connectivity index (χ4v) is 3.40. The van der Waals surface area contributed by atoms with Crippen molar-refractivity contribution < 1.29 is 39.6 Å². The van der Waals surface area contributed by atoms with Gasteiger partial charge in [0.05, 0.1) is 5.69 Å². The van der Waals surface area contributed by atoms with E-state index < -0.39 is 30.2 Å². The predicted octanol–water partition coefficient (Wildman–Crippen LogP) is 4.92. The molecule has 4 aromatic rings. The molecule has 0 aromatic heterocycles. The molecule has 0 saturated carbocycles. The van der Waals surface area contributed by atoms with Gasteiger partial charge in [0, 0.05) is 11.1 Å². The number of carboxylic acid groups (broad SMARTS) is 2. The molecule has 10 nitrogen and oxygen atoms in total. The number of carbonyl (C=O) groups is 4. The first-order chi connectivity index (χ1) is 19.1. The van der Waals surface area contributed by atoms with Gasteiger partial charge in [0.1, 0.15) is 12.2 Å². The number of Topliss-reactive ketones (excluding diaryl/α,β-unsaturated/α-hetero) is 2. The summed E-state index contributed by atoms with van der Waals surface area (Å²) in [5.41, 5.74) is 5.92. The van der Waals surface area contributed by atoms with Gasteiger partial charge in [-0.3, -0.25) is 14.9 Å². The molecule has 0 aliphatic heterocycles. The summed E-state index contributed by atoms with van der Waals surface area (Å²) in [5.74, 6) is -0.827. The zero-order valence-corrected chi connectivity index (χ0v) is 21.1. The second-order valence-electron chi connectivity index (χ2n) is 8.03. The summed E-state index contributed by atoms with van der Waals surface area (Å²) in [5, 5.41) is 38.1. The first-order valence-electron chi connectivity index (χ1n) is 11.8. The number of amides is 2. The van der Waals surface area contributed by atoms with E-state index in [1.807, 2.05) is 12.1 Å². The monoisotopic (exact) mass is 544 g/mol. The maximum absolute atomic E-state index is 12.3. The van der Waals surface area contributed by atoms with Crippen LogP contribution in [0.2, 0.25) is 0 Å². The minimum atomic E-state index is -1.33. The Morgan fingerprint density at radius 3 is 1.40 bits per heavy atom. The molecule has 2 atom stereocenters. The molecule has 0 spiro atoms. The molecule has 7 N–H and O–H groups in total. The zero-order valence-electron chi connectivity index (χ0n) is 21.1. The lowest BCUT2D eigenvalue weighted by Crippen LogP contribution is -2.16. The van der Waals surface area contributed by atoms with Crippen LogP contribution in [-0.4, -0.2) is 44.2 Å². The van der Waals surface area contributed by atoms with E-state index >= 15 is 0 Å². The largest absolute Gasteiger partial charge is 0.465 e. The number of nitrogens with two attached hydrogens (primary N) is 1. The molecule has 0 aliphatic rings. The molecular weight excluding hydrogens is 516 g/mol. The number of nitrogens with one attached hydrogen (secondary N) is 1. The van der Waals surface area contributed by atoms with Crippen LogP contribution in [0, 0.1) is 0 Å². The molecule has 0 fully saturated rings. The van der Waals surface area contributed by atoms with Crippen molar-refractivity contribution in [3.05, 3.63) is 138 Å². The lowest BCUT2D eigenvalue weighted by atomic mass is 9.99. The Kier molecular flexibility index (Phi) is 12.2. The highest BCUT2D eigenvalue weighted by molar-refractivity contribution is 6.06. The number of anilines is 1. The van der Waals surface area contributed by atoms with Crippen molar-refractivity contribution in [3.63, 3.8) is 0 Å². The van der Waals surface area contributed by atoms with Gasteiger partial charge in [-0.2, -0.15) is 0 Å². The van der Waals surface area contributed by atoms with Crippen molar-refractivity contribution in [2.45, 2.75) is 12.2 Å². The van der Waals surface area contributed by atoms with Crippen LogP contribution >= 0.6 is 0 Å². The number of hydrogen-bond donors (Lipinski definition) is 6. The van der Waals surface area contributed by atoms with Gasteiger partial charge < -0.3 is 26.2 Å². The Hall–Kier alpha value is -5.32. The third-order valence-corrected chi connectivity index (χ3v) is 5.22. The van der Waals surface area contributed by atoms with Crippen LogP contribution in [0.5, 0.6) is 0 Å². The zero-order chi connectivity index (χ0) is 29.5. The van der Waals surface area contributed by atoms with Crippen LogP contribution in [0.4, 0.5) is 15.3 Å². The summed E-state index contributed by atoms with van der Waals surface area (Å²) in [6.45, 7) is 0. The number of carbonyl (C=O) groups excluding carboxylic acids is 2. The average Bonchev–Trinajstić information content (AvgIpc) is 2.97. The minimum Gasteiger partial charge on any atom is -0.465 e. The molecule has 0 saturated heterocycles. The fourth-order valence-electron chi connectivity index (χ4n) is 3.40. The standard InChI is InChI=1S/C15H13NO4.C14H12O2.CH3NO2/c17-13(10-6-2-1-3-7-10)14(18)11-8-4-5-9-12(11)16-15(19)20;15-13(11-7-3-1-4-8-11)14(16)12-9-5-2-6-10-12;2-1(3)4/h1-9,13,16-17H,(H,19,20);1-10,13,15H;2H2,(H,3,4). The number of ketones is 2. The fraction of sp³-hybridized carbons (Fsp3) is 0.0667. The first-order valence-corrected chi connectivity index (χ1v) is 11.8. The van der Waals surface area contributed by atoms with Crippen molar-refractivity contribution >= 4 is 29.4 Å². The number of benzene rings is 4. The molecule has 0 radical (unpaired) electrons. The van der Waals surface area contributed by atoms with Crippen LogP contribution in [0.1, 0.15) is 44.1 Å². The number of aliphatic hydroxyl groups excluding tert-OH is 2. The minimum absolute atomic E-state index is 0.131. The molecular formula is C30H28N2O8. The molecule has 10 heteroatoms. The predicted molar refractivity (Wildman–Crippen MR) is 148 cm³/mol. The Balaban J connectivity index is 0.000000252. The number of hydrogen-bond acceptors (Lipinski definition) is 6. The second-order valence-corrected chi connectivity index (χ2v) is 8.03. The van der Waals surface area contributed by atoms with Gasteiger partial charge >= 0.3 is 12.2 Å². The van der Waals surface area contributed by atoms with Crippen LogP contribution in [0.25, 0.3) is 0 Å². The summed E-state index contributed by atoms with van der Waals surface area (Å²) in [6.07, 6.45) is -5.00. The maximum Gasteiger partial charge on any atom is 0.409 e. The average molecular weight is 545 g/mol. The van der Waals surface area contributed by atoms with Crippen molar-refractivity contribution in [1.82, 2.24) is 0 Å². The highest BCUT2D eigenvalue weighted by atomic mass is 16.4. The van der Waals surface area contributed by atoms with Crippen molar-refractivity contribution in [1.29, 1.82) is 0 Å². The van der Waals surface area contributed by atoms with E-state index in [4.69, 9.17) is 15.0 Å². The highest BCUT2D eigenvalue weighted by Crippen LogP contribution is 2.23. The van der Waals surface area contributed by atoms with Crippen LogP contribution in [-0.2, 0) is 0 Å². The van der Waals surface area contributed by atoms with E-state index in [-0.39, 0.29) is 17.0 Å². The molecule has 206 valence electrons. The lowest BCUT2D eigenvalue weighted by molar-refractivity contribution is 0.0744. The molecule has 0 aliphatic carbocycles. The Bertz CT molecular complexity index is 1390. The lowest BCUT2D eigenvalue weighted by Gasteiger charge is -2.13. The van der Waals surface area contributed by atoms with E-state index in [1.165, 1.54) is 12.1 Å². The molecule has 2 amide bonds. The number of para-hydroxylation sites is 1. The smallest absolute Gasteiger partial charge is 0.409 e. The molecule has 4 aromatic carbocycles. The van der Waals surface area contributed by atoms with Crippen molar-refractivity contribution in [2.24, 2.45) is 5.73 Å².